The lowest BCUT2D eigenvalue weighted by Crippen LogP contribution is -2.33. The van der Waals surface area contributed by atoms with E-state index in [9.17, 15) is 31.2 Å². The summed E-state index contributed by atoms with van der Waals surface area (Å²) in [7, 11) is -3.33. The molecule has 0 aromatic heterocycles. The van der Waals surface area contributed by atoms with E-state index in [1.165, 1.54) is 25.3 Å². The van der Waals surface area contributed by atoms with Crippen molar-refractivity contribution in [3.05, 3.63) is 52.8 Å². The van der Waals surface area contributed by atoms with Gasteiger partial charge in [-0.15, -0.1) is 0 Å². The Labute approximate surface area is 174 Å². The molecule has 0 aliphatic rings. The molecule has 0 atom stereocenters. The third kappa shape index (κ3) is 5.84. The first-order valence-electron chi connectivity index (χ1n) is 7.97. The largest absolute Gasteiger partial charge is 0.495 e. The van der Waals surface area contributed by atoms with Crippen LogP contribution in [0.1, 0.15) is 0 Å². The van der Waals surface area contributed by atoms with Crippen molar-refractivity contribution in [3.63, 3.8) is 0 Å². The summed E-state index contributed by atoms with van der Waals surface area (Å²) in [5.74, 6) is -7.17. The summed E-state index contributed by atoms with van der Waals surface area (Å²) in [5, 5.41) is 2.69. The molecule has 0 aliphatic carbocycles. The number of nitrogens with one attached hydrogen (secondary N) is 2. The zero-order chi connectivity index (χ0) is 22.5. The first-order chi connectivity index (χ1) is 14.0. The smallest absolute Gasteiger partial charge is 0.321 e. The average molecular weight is 467 g/mol. The second-order valence-electron chi connectivity index (χ2n) is 5.55. The average Bonchev–Trinajstić information content (AvgIpc) is 2.69. The van der Waals surface area contributed by atoms with Crippen molar-refractivity contribution in [3.8, 4) is 5.75 Å². The fraction of sp³-hybridized carbons (Fsp3) is 0.176. The summed E-state index contributed by atoms with van der Waals surface area (Å²) in [6, 6.07) is 5.33. The van der Waals surface area contributed by atoms with E-state index in [0.29, 0.717) is 22.9 Å². The molecule has 13 heteroatoms. The number of amides is 1. The van der Waals surface area contributed by atoms with E-state index < -0.39 is 57.4 Å². The molecular weight excluding hydrogens is 453 g/mol. The summed E-state index contributed by atoms with van der Waals surface area (Å²) in [4.78, 5) is 22.3. The topological polar surface area (TPSA) is 111 Å². The van der Waals surface area contributed by atoms with E-state index in [1.54, 1.807) is 4.72 Å². The van der Waals surface area contributed by atoms with Gasteiger partial charge < -0.3 is 14.8 Å². The second kappa shape index (κ2) is 9.78. The monoisotopic (exact) mass is 466 g/mol. The van der Waals surface area contributed by atoms with E-state index in [0.717, 1.165) is 0 Å². The number of ether oxygens (including phenoxy) is 2. The Morgan fingerprint density at radius 1 is 1.10 bits per heavy atom. The van der Waals surface area contributed by atoms with Crippen LogP contribution < -0.4 is 14.8 Å². The molecule has 2 rings (SSSR count). The van der Waals surface area contributed by atoms with Crippen LogP contribution in [0.15, 0.2) is 35.2 Å². The normalized spacial score (nSPS) is 11.1. The SMILES string of the molecule is COc1ccc(Cl)cc1NC(=O)COC(=O)CNS(=O)(=O)c1ccc(F)c(F)c1F. The molecule has 1 amide bonds. The Morgan fingerprint density at radius 2 is 1.80 bits per heavy atom. The number of carbonyl (C=O) groups excluding carboxylic acids is 2. The second-order valence-corrected chi connectivity index (χ2v) is 7.72. The van der Waals surface area contributed by atoms with Gasteiger partial charge in [0, 0.05) is 5.02 Å². The fourth-order valence-electron chi connectivity index (χ4n) is 2.11. The Hall–Kier alpha value is -2.83. The Balaban J connectivity index is 1.91. The van der Waals surface area contributed by atoms with Crippen LogP contribution >= 0.6 is 11.6 Å². The summed E-state index contributed by atoms with van der Waals surface area (Å²) in [6.07, 6.45) is 0. The van der Waals surface area contributed by atoms with Gasteiger partial charge in [0.25, 0.3) is 5.91 Å². The number of sulfonamides is 1. The molecule has 2 aromatic rings. The molecule has 0 saturated carbocycles. The zero-order valence-electron chi connectivity index (χ0n) is 15.2. The van der Waals surface area contributed by atoms with Crippen molar-refractivity contribution >= 4 is 39.2 Å². The molecular formula is C17H14ClF3N2O6S. The highest BCUT2D eigenvalue weighted by molar-refractivity contribution is 7.89. The summed E-state index contributed by atoms with van der Waals surface area (Å²) >= 11 is 5.82. The minimum Gasteiger partial charge on any atom is -0.495 e. The van der Waals surface area contributed by atoms with Gasteiger partial charge in [-0.3, -0.25) is 9.59 Å². The number of benzene rings is 2. The van der Waals surface area contributed by atoms with Gasteiger partial charge in [-0.1, -0.05) is 11.6 Å². The standard InChI is InChI=1S/C17H14ClF3N2O6S/c1-28-12-4-2-9(18)6-11(12)23-14(24)8-29-15(25)7-22-30(26,27)13-5-3-10(19)16(20)17(13)21/h2-6,22H,7-8H2,1H3,(H,23,24). The minimum atomic E-state index is -4.69. The molecule has 0 bridgehead atoms. The van der Waals surface area contributed by atoms with E-state index in [2.05, 4.69) is 10.1 Å². The number of hydrogen-bond donors (Lipinski definition) is 2. The lowest BCUT2D eigenvalue weighted by atomic mass is 10.3. The van der Waals surface area contributed by atoms with E-state index in [-0.39, 0.29) is 5.69 Å². The molecule has 0 unspecified atom stereocenters. The van der Waals surface area contributed by atoms with Crippen molar-refractivity contribution in [1.82, 2.24) is 4.72 Å². The molecule has 0 aliphatic heterocycles. The summed E-state index contributed by atoms with van der Waals surface area (Å²) < 4.78 is 74.9. The van der Waals surface area contributed by atoms with Gasteiger partial charge in [-0.25, -0.2) is 21.6 Å². The van der Waals surface area contributed by atoms with Gasteiger partial charge in [-0.05, 0) is 30.3 Å². The van der Waals surface area contributed by atoms with Crippen LogP contribution in [0.5, 0.6) is 5.75 Å². The van der Waals surface area contributed by atoms with Crippen LogP contribution in [-0.4, -0.2) is 40.6 Å². The predicted octanol–water partition coefficient (Wildman–Crippen LogP) is 2.23. The number of hydrogen-bond acceptors (Lipinski definition) is 6. The highest BCUT2D eigenvalue weighted by Crippen LogP contribution is 2.27. The van der Waals surface area contributed by atoms with Gasteiger partial charge in [0.2, 0.25) is 10.0 Å². The predicted molar refractivity (Wildman–Crippen MR) is 99.1 cm³/mol. The van der Waals surface area contributed by atoms with Crippen molar-refractivity contribution in [1.29, 1.82) is 0 Å². The molecule has 162 valence electrons. The third-order valence-corrected chi connectivity index (χ3v) is 5.15. The number of anilines is 1. The molecule has 0 radical (unpaired) electrons. The maximum absolute atomic E-state index is 13.6. The van der Waals surface area contributed by atoms with Crippen molar-refractivity contribution in [2.75, 3.05) is 25.6 Å². The molecule has 2 N–H and O–H groups in total. The number of halogens is 4. The van der Waals surface area contributed by atoms with Gasteiger partial charge in [-0.2, -0.15) is 4.72 Å². The Kier molecular flexibility index (Phi) is 7.65. The molecule has 30 heavy (non-hydrogen) atoms. The van der Waals surface area contributed by atoms with E-state index in [4.69, 9.17) is 16.3 Å². The van der Waals surface area contributed by atoms with Crippen LogP contribution in [0.3, 0.4) is 0 Å². The zero-order valence-corrected chi connectivity index (χ0v) is 16.7. The van der Waals surface area contributed by atoms with Gasteiger partial charge in [0.05, 0.1) is 12.8 Å². The number of carbonyl (C=O) groups is 2. The number of esters is 1. The molecule has 0 spiro atoms. The summed E-state index contributed by atoms with van der Waals surface area (Å²) in [6.45, 7) is -1.77. The quantitative estimate of drug-likeness (QED) is 0.456. The molecule has 8 nitrogen and oxygen atoms in total. The van der Waals surface area contributed by atoms with Gasteiger partial charge in [0.1, 0.15) is 17.2 Å². The third-order valence-electron chi connectivity index (χ3n) is 3.50. The van der Waals surface area contributed by atoms with Crippen molar-refractivity contribution in [2.24, 2.45) is 0 Å². The summed E-state index contributed by atoms with van der Waals surface area (Å²) in [5.41, 5.74) is 0.209. The van der Waals surface area contributed by atoms with E-state index >= 15 is 0 Å². The molecule has 0 fully saturated rings. The lowest BCUT2D eigenvalue weighted by Gasteiger charge is -2.11. The van der Waals surface area contributed by atoms with Gasteiger partial charge in [0.15, 0.2) is 24.1 Å². The fourth-order valence-corrected chi connectivity index (χ4v) is 3.32. The van der Waals surface area contributed by atoms with Crippen LogP contribution in [0.25, 0.3) is 0 Å². The minimum absolute atomic E-state index is 0.209. The molecule has 2 aromatic carbocycles. The van der Waals surface area contributed by atoms with Crippen LogP contribution in [0.2, 0.25) is 5.02 Å². The Bertz CT molecular complexity index is 1080. The first-order valence-corrected chi connectivity index (χ1v) is 9.83. The highest BCUT2D eigenvalue weighted by Gasteiger charge is 2.25. The lowest BCUT2D eigenvalue weighted by molar-refractivity contribution is -0.146. The van der Waals surface area contributed by atoms with Crippen LogP contribution in [0, 0.1) is 17.5 Å². The van der Waals surface area contributed by atoms with Crippen LogP contribution in [-0.2, 0) is 24.3 Å². The maximum atomic E-state index is 13.6. The van der Waals surface area contributed by atoms with Gasteiger partial charge >= 0.3 is 5.97 Å². The highest BCUT2D eigenvalue weighted by atomic mass is 35.5. The Morgan fingerprint density at radius 3 is 2.47 bits per heavy atom. The van der Waals surface area contributed by atoms with Crippen LogP contribution in [0.4, 0.5) is 18.9 Å². The molecule has 0 saturated heterocycles. The van der Waals surface area contributed by atoms with E-state index in [1.807, 2.05) is 0 Å². The first kappa shape index (κ1) is 23.4. The maximum Gasteiger partial charge on any atom is 0.321 e. The molecule has 0 heterocycles. The van der Waals surface area contributed by atoms with Crippen molar-refractivity contribution in [2.45, 2.75) is 4.90 Å². The number of methoxy groups -OCH3 is 1. The van der Waals surface area contributed by atoms with Crippen molar-refractivity contribution < 1.29 is 40.7 Å². The number of rotatable bonds is 8.